The summed E-state index contributed by atoms with van der Waals surface area (Å²) < 4.78 is 0.946. The van der Waals surface area contributed by atoms with Gasteiger partial charge >= 0.3 is 0 Å². The van der Waals surface area contributed by atoms with Crippen LogP contribution in [0.2, 0.25) is 0 Å². The Morgan fingerprint density at radius 2 is 1.15 bits per heavy atom. The minimum absolute atomic E-state index is 0.702. The first kappa shape index (κ1) is 13.4. The van der Waals surface area contributed by atoms with Crippen molar-refractivity contribution in [3.63, 3.8) is 0 Å². The van der Waals surface area contributed by atoms with Gasteiger partial charge in [0.25, 0.3) is 0 Å². The molecule has 0 heterocycles. The van der Waals surface area contributed by atoms with Crippen LogP contribution in [0.1, 0.15) is 32.1 Å². The minimum atomic E-state index is 0.702. The molecule has 1 nitrogen and oxygen atoms in total. The van der Waals surface area contributed by atoms with Crippen molar-refractivity contribution in [2.45, 2.75) is 38.1 Å². The Bertz CT molecular complexity index is 487. The van der Waals surface area contributed by atoms with E-state index in [4.69, 9.17) is 0 Å². The molecule has 1 aliphatic rings. The second-order valence-electron chi connectivity index (χ2n) is 6.04. The molecule has 0 spiro atoms. The Morgan fingerprint density at radius 3 is 1.60 bits per heavy atom. The Balaban J connectivity index is 2.07. The van der Waals surface area contributed by atoms with Crippen molar-refractivity contribution < 1.29 is 0 Å². The van der Waals surface area contributed by atoms with Gasteiger partial charge in [0, 0.05) is 12.8 Å². The first-order valence-electron chi connectivity index (χ1n) is 7.79. The van der Waals surface area contributed by atoms with Gasteiger partial charge in [-0.3, -0.25) is 4.48 Å². The summed E-state index contributed by atoms with van der Waals surface area (Å²) in [6, 6.07) is 22.7. The zero-order chi connectivity index (χ0) is 13.8. The lowest BCUT2D eigenvalue weighted by Gasteiger charge is -2.42. The van der Waals surface area contributed by atoms with Crippen LogP contribution in [0.5, 0.6) is 0 Å². The van der Waals surface area contributed by atoms with Crippen LogP contribution in [0, 0.1) is 0 Å². The minimum Gasteiger partial charge on any atom is -0.259 e. The number of hydrogen-bond acceptors (Lipinski definition) is 0. The molecule has 104 valence electrons. The summed E-state index contributed by atoms with van der Waals surface area (Å²) in [5.74, 6) is 0. The van der Waals surface area contributed by atoms with Crippen LogP contribution < -0.4 is 4.48 Å². The van der Waals surface area contributed by atoms with Crippen LogP contribution >= 0.6 is 0 Å². The summed E-state index contributed by atoms with van der Waals surface area (Å²) in [5.41, 5.74) is 2.82. The standard InChI is InChI=1S/C19H24N/c1-20(17-11-5-2-6-12-17,18-13-7-3-8-14-18)19-15-9-4-10-16-19/h2-3,5-8,11-14,19H,4,9-10,15-16H2,1H3/q+1. The summed E-state index contributed by atoms with van der Waals surface area (Å²) >= 11 is 0. The second kappa shape index (κ2) is 5.80. The molecule has 2 aromatic rings. The Morgan fingerprint density at radius 1 is 0.700 bits per heavy atom. The predicted molar refractivity (Wildman–Crippen MR) is 87.1 cm³/mol. The number of rotatable bonds is 3. The molecule has 1 heteroatoms. The zero-order valence-corrected chi connectivity index (χ0v) is 12.3. The van der Waals surface area contributed by atoms with Crippen LogP contribution in [0.4, 0.5) is 11.4 Å². The summed E-state index contributed by atoms with van der Waals surface area (Å²) in [7, 11) is 2.39. The van der Waals surface area contributed by atoms with E-state index in [0.717, 1.165) is 4.48 Å². The van der Waals surface area contributed by atoms with Gasteiger partial charge in [-0.05, 0) is 37.1 Å². The molecule has 0 bridgehead atoms. The van der Waals surface area contributed by atoms with E-state index in [1.165, 1.54) is 43.5 Å². The maximum absolute atomic E-state index is 2.39. The number of nitrogens with zero attached hydrogens (tertiary/aromatic N) is 1. The molecule has 0 aliphatic heterocycles. The van der Waals surface area contributed by atoms with E-state index in [-0.39, 0.29) is 0 Å². The summed E-state index contributed by atoms with van der Waals surface area (Å²) in [5, 5.41) is 0. The third kappa shape index (κ3) is 2.38. The zero-order valence-electron chi connectivity index (χ0n) is 12.3. The van der Waals surface area contributed by atoms with Crippen molar-refractivity contribution >= 4 is 11.4 Å². The van der Waals surface area contributed by atoms with Crippen LogP contribution in [0.15, 0.2) is 60.7 Å². The fraction of sp³-hybridized carbons (Fsp3) is 0.368. The predicted octanol–water partition coefficient (Wildman–Crippen LogP) is 5.29. The van der Waals surface area contributed by atoms with Gasteiger partial charge in [0.15, 0.2) is 0 Å². The first-order chi connectivity index (χ1) is 9.82. The maximum atomic E-state index is 2.39. The molecule has 2 aromatic carbocycles. The number of para-hydroxylation sites is 2. The molecule has 0 atom stereocenters. The fourth-order valence-corrected chi connectivity index (χ4v) is 3.64. The summed E-state index contributed by atoms with van der Waals surface area (Å²) in [6.07, 6.45) is 6.82. The van der Waals surface area contributed by atoms with Gasteiger partial charge in [-0.25, -0.2) is 0 Å². The molecule has 0 amide bonds. The third-order valence-electron chi connectivity index (χ3n) is 4.89. The number of hydrogen-bond donors (Lipinski definition) is 0. The lowest BCUT2D eigenvalue weighted by atomic mass is 9.91. The van der Waals surface area contributed by atoms with Crippen molar-refractivity contribution in [1.82, 2.24) is 4.48 Å². The van der Waals surface area contributed by atoms with Crippen LogP contribution in [-0.4, -0.2) is 13.1 Å². The van der Waals surface area contributed by atoms with Gasteiger partial charge in [0.1, 0.15) is 11.4 Å². The van der Waals surface area contributed by atoms with Gasteiger partial charge in [-0.1, -0.05) is 42.8 Å². The molecular formula is C19H24N+. The second-order valence-corrected chi connectivity index (χ2v) is 6.04. The highest BCUT2D eigenvalue weighted by Gasteiger charge is 2.37. The summed E-state index contributed by atoms with van der Waals surface area (Å²) in [6.45, 7) is 0. The average molecular weight is 266 g/mol. The van der Waals surface area contributed by atoms with E-state index in [0.29, 0.717) is 6.04 Å². The highest BCUT2D eigenvalue weighted by Crippen LogP contribution is 2.40. The first-order valence-corrected chi connectivity index (χ1v) is 7.79. The van der Waals surface area contributed by atoms with E-state index in [1.807, 2.05) is 0 Å². The largest absolute Gasteiger partial charge is 0.259 e. The van der Waals surface area contributed by atoms with Crippen molar-refractivity contribution in [2.75, 3.05) is 7.05 Å². The van der Waals surface area contributed by atoms with Gasteiger partial charge in [0.2, 0.25) is 0 Å². The molecule has 1 saturated carbocycles. The molecule has 1 fully saturated rings. The van der Waals surface area contributed by atoms with E-state index in [2.05, 4.69) is 67.7 Å². The highest BCUT2D eigenvalue weighted by atomic mass is 15.4. The van der Waals surface area contributed by atoms with E-state index >= 15 is 0 Å². The third-order valence-corrected chi connectivity index (χ3v) is 4.89. The molecule has 20 heavy (non-hydrogen) atoms. The monoisotopic (exact) mass is 266 g/mol. The summed E-state index contributed by atoms with van der Waals surface area (Å²) in [4.78, 5) is 0. The lowest BCUT2D eigenvalue weighted by Crippen LogP contribution is -2.50. The smallest absolute Gasteiger partial charge is 0.137 e. The van der Waals surface area contributed by atoms with E-state index < -0.39 is 0 Å². The van der Waals surface area contributed by atoms with Gasteiger partial charge in [0.05, 0.1) is 13.1 Å². The van der Waals surface area contributed by atoms with Crippen LogP contribution in [-0.2, 0) is 0 Å². The lowest BCUT2D eigenvalue weighted by molar-refractivity contribution is 0.260. The number of quaternary nitrogens is 1. The van der Waals surface area contributed by atoms with Crippen molar-refractivity contribution in [3.05, 3.63) is 60.7 Å². The van der Waals surface area contributed by atoms with E-state index in [1.54, 1.807) is 0 Å². The molecule has 0 radical (unpaired) electrons. The molecule has 0 aromatic heterocycles. The Labute approximate surface area is 122 Å². The SMILES string of the molecule is C[N+](c1ccccc1)(c1ccccc1)C1CCCCC1. The Kier molecular flexibility index (Phi) is 3.88. The molecule has 0 saturated heterocycles. The van der Waals surface area contributed by atoms with E-state index in [9.17, 15) is 0 Å². The molecular weight excluding hydrogens is 242 g/mol. The molecule has 1 aliphatic carbocycles. The van der Waals surface area contributed by atoms with Gasteiger partial charge in [-0.2, -0.15) is 0 Å². The molecule has 3 rings (SSSR count). The topological polar surface area (TPSA) is 0 Å². The fourth-order valence-electron chi connectivity index (χ4n) is 3.64. The van der Waals surface area contributed by atoms with Gasteiger partial charge < -0.3 is 0 Å². The number of benzene rings is 2. The van der Waals surface area contributed by atoms with Crippen molar-refractivity contribution in [3.8, 4) is 0 Å². The van der Waals surface area contributed by atoms with Crippen molar-refractivity contribution in [1.29, 1.82) is 0 Å². The maximum Gasteiger partial charge on any atom is 0.137 e. The molecule has 0 N–H and O–H groups in total. The average Bonchev–Trinajstić information content (AvgIpc) is 2.56. The normalized spacial score (nSPS) is 17.1. The van der Waals surface area contributed by atoms with Crippen LogP contribution in [0.25, 0.3) is 0 Å². The van der Waals surface area contributed by atoms with Crippen LogP contribution in [0.3, 0.4) is 0 Å². The quantitative estimate of drug-likeness (QED) is 0.662. The molecule has 0 unspecified atom stereocenters. The van der Waals surface area contributed by atoms with Gasteiger partial charge in [-0.15, -0.1) is 0 Å². The van der Waals surface area contributed by atoms with Crippen molar-refractivity contribution in [2.24, 2.45) is 0 Å². The highest BCUT2D eigenvalue weighted by molar-refractivity contribution is 5.58. The Hall–Kier alpha value is -1.60.